The summed E-state index contributed by atoms with van der Waals surface area (Å²) in [6, 6.07) is 14.3. The molecule has 0 atom stereocenters. The molecule has 3 nitrogen and oxygen atoms in total. The number of carbonyl (C=O) groups is 1. The molecule has 0 saturated carbocycles. The number of rotatable bonds is 3. The lowest BCUT2D eigenvalue weighted by atomic mass is 10.1. The van der Waals surface area contributed by atoms with E-state index in [1.165, 1.54) is 12.1 Å². The Labute approximate surface area is 137 Å². The van der Waals surface area contributed by atoms with Crippen LogP contribution in [0.1, 0.15) is 6.42 Å². The van der Waals surface area contributed by atoms with Gasteiger partial charge in [-0.2, -0.15) is 0 Å². The van der Waals surface area contributed by atoms with Crippen molar-refractivity contribution in [3.8, 4) is 0 Å². The topological polar surface area (TPSA) is 23.6 Å². The van der Waals surface area contributed by atoms with Gasteiger partial charge in [-0.15, -0.1) is 0 Å². The molecule has 1 heterocycles. The number of fused-ring (bicyclic) bond motifs is 1. The maximum atomic E-state index is 13.1. The predicted octanol–water partition coefficient (Wildman–Crippen LogP) is 4.10. The van der Waals surface area contributed by atoms with Gasteiger partial charge in [-0.05, 0) is 36.4 Å². The molecule has 0 N–H and O–H groups in total. The molecular weight excluding hydrogens is 347 g/mol. The molecule has 0 aliphatic carbocycles. The van der Waals surface area contributed by atoms with Crippen LogP contribution in [0.3, 0.4) is 0 Å². The normalized spacial score (nSPS) is 13.9. The van der Waals surface area contributed by atoms with Gasteiger partial charge >= 0.3 is 0 Å². The van der Waals surface area contributed by atoms with Gasteiger partial charge in [-0.3, -0.25) is 4.79 Å². The van der Waals surface area contributed by atoms with Gasteiger partial charge in [0.1, 0.15) is 5.82 Å². The second kappa shape index (κ2) is 6.48. The SMILES string of the molecule is O=C(CCBr)N1CCN(c2ccc(F)cc2)c2ccccc21. The first kappa shape index (κ1) is 15.0. The Bertz CT molecular complexity index is 675. The summed E-state index contributed by atoms with van der Waals surface area (Å²) in [4.78, 5) is 16.2. The van der Waals surface area contributed by atoms with Crippen LogP contribution in [-0.4, -0.2) is 24.3 Å². The molecule has 0 saturated heterocycles. The summed E-state index contributed by atoms with van der Waals surface area (Å²) >= 11 is 3.32. The highest BCUT2D eigenvalue weighted by atomic mass is 79.9. The summed E-state index contributed by atoms with van der Waals surface area (Å²) in [5, 5.41) is 0.659. The van der Waals surface area contributed by atoms with Crippen LogP contribution < -0.4 is 9.80 Å². The van der Waals surface area contributed by atoms with Gasteiger partial charge in [0, 0.05) is 30.5 Å². The minimum absolute atomic E-state index is 0.114. The minimum Gasteiger partial charge on any atom is -0.338 e. The molecule has 0 radical (unpaired) electrons. The first-order chi connectivity index (χ1) is 10.7. The maximum absolute atomic E-state index is 13.1. The third-order valence-electron chi connectivity index (χ3n) is 3.76. The Balaban J connectivity index is 1.97. The standard InChI is InChI=1S/C17H16BrFN2O/c18-10-9-17(22)21-12-11-20(14-7-5-13(19)6-8-14)15-3-1-2-4-16(15)21/h1-8H,9-12H2. The van der Waals surface area contributed by atoms with E-state index in [1.54, 1.807) is 12.1 Å². The summed E-state index contributed by atoms with van der Waals surface area (Å²) in [7, 11) is 0. The maximum Gasteiger partial charge on any atom is 0.227 e. The third kappa shape index (κ3) is 2.86. The van der Waals surface area contributed by atoms with Crippen LogP contribution in [0.4, 0.5) is 21.5 Å². The van der Waals surface area contributed by atoms with E-state index in [9.17, 15) is 9.18 Å². The molecule has 0 bridgehead atoms. The van der Waals surface area contributed by atoms with E-state index in [-0.39, 0.29) is 11.7 Å². The van der Waals surface area contributed by atoms with Crippen molar-refractivity contribution in [1.29, 1.82) is 0 Å². The second-order valence-electron chi connectivity index (χ2n) is 5.10. The monoisotopic (exact) mass is 362 g/mol. The zero-order valence-corrected chi connectivity index (χ0v) is 13.6. The van der Waals surface area contributed by atoms with Crippen LogP contribution >= 0.6 is 15.9 Å². The molecule has 2 aromatic carbocycles. The van der Waals surface area contributed by atoms with E-state index in [4.69, 9.17) is 0 Å². The van der Waals surface area contributed by atoms with Crippen LogP contribution in [0.2, 0.25) is 0 Å². The summed E-state index contributed by atoms with van der Waals surface area (Å²) in [5.41, 5.74) is 2.81. The first-order valence-corrected chi connectivity index (χ1v) is 8.31. The molecule has 2 aromatic rings. The first-order valence-electron chi connectivity index (χ1n) is 7.19. The number of hydrogen-bond donors (Lipinski definition) is 0. The fraction of sp³-hybridized carbons (Fsp3) is 0.235. The van der Waals surface area contributed by atoms with Crippen molar-refractivity contribution in [2.75, 3.05) is 28.2 Å². The lowest BCUT2D eigenvalue weighted by molar-refractivity contribution is -0.118. The quantitative estimate of drug-likeness (QED) is 0.767. The predicted molar refractivity (Wildman–Crippen MR) is 90.6 cm³/mol. The number of carbonyl (C=O) groups excluding carboxylic acids is 1. The van der Waals surface area contributed by atoms with Crippen LogP contribution in [0.5, 0.6) is 0 Å². The molecule has 0 spiro atoms. The van der Waals surface area contributed by atoms with Crippen molar-refractivity contribution in [2.45, 2.75) is 6.42 Å². The van der Waals surface area contributed by atoms with Crippen molar-refractivity contribution in [3.05, 3.63) is 54.3 Å². The number of nitrogens with zero attached hydrogens (tertiary/aromatic N) is 2. The van der Waals surface area contributed by atoms with Crippen molar-refractivity contribution < 1.29 is 9.18 Å². The van der Waals surface area contributed by atoms with E-state index in [0.29, 0.717) is 24.8 Å². The molecule has 1 aliphatic rings. The van der Waals surface area contributed by atoms with E-state index in [0.717, 1.165) is 17.1 Å². The summed E-state index contributed by atoms with van der Waals surface area (Å²) in [6.07, 6.45) is 0.477. The number of benzene rings is 2. The van der Waals surface area contributed by atoms with Crippen LogP contribution in [-0.2, 0) is 4.79 Å². The van der Waals surface area contributed by atoms with Crippen LogP contribution in [0, 0.1) is 5.82 Å². The van der Waals surface area contributed by atoms with E-state index >= 15 is 0 Å². The number of para-hydroxylation sites is 2. The minimum atomic E-state index is -0.247. The molecule has 114 valence electrons. The molecule has 5 heteroatoms. The van der Waals surface area contributed by atoms with Crippen molar-refractivity contribution >= 4 is 38.9 Å². The molecular formula is C17H16BrFN2O. The highest BCUT2D eigenvalue weighted by molar-refractivity contribution is 9.09. The Morgan fingerprint density at radius 2 is 1.73 bits per heavy atom. The van der Waals surface area contributed by atoms with Gasteiger partial charge in [0.15, 0.2) is 0 Å². The van der Waals surface area contributed by atoms with Crippen molar-refractivity contribution in [2.24, 2.45) is 0 Å². The Morgan fingerprint density at radius 3 is 2.41 bits per heavy atom. The third-order valence-corrected chi connectivity index (χ3v) is 4.15. The van der Waals surface area contributed by atoms with Gasteiger partial charge in [0.2, 0.25) is 5.91 Å². The molecule has 0 fully saturated rings. The average molecular weight is 363 g/mol. The Morgan fingerprint density at radius 1 is 1.05 bits per heavy atom. The number of alkyl halides is 1. The summed E-state index contributed by atoms with van der Waals surface area (Å²) in [6.45, 7) is 1.32. The molecule has 0 aromatic heterocycles. The van der Waals surface area contributed by atoms with Crippen LogP contribution in [0.15, 0.2) is 48.5 Å². The second-order valence-corrected chi connectivity index (χ2v) is 5.89. The van der Waals surface area contributed by atoms with Gasteiger partial charge in [0.05, 0.1) is 11.4 Å². The summed E-state index contributed by atoms with van der Waals surface area (Å²) < 4.78 is 13.1. The highest BCUT2D eigenvalue weighted by Gasteiger charge is 2.26. The summed E-state index contributed by atoms with van der Waals surface area (Å²) in [5.74, 6) is -0.133. The van der Waals surface area contributed by atoms with E-state index in [2.05, 4.69) is 20.8 Å². The number of anilines is 3. The molecule has 1 amide bonds. The zero-order valence-electron chi connectivity index (χ0n) is 12.0. The molecule has 0 unspecified atom stereocenters. The number of amides is 1. The van der Waals surface area contributed by atoms with Crippen molar-refractivity contribution in [3.63, 3.8) is 0 Å². The van der Waals surface area contributed by atoms with Gasteiger partial charge < -0.3 is 9.80 Å². The smallest absolute Gasteiger partial charge is 0.227 e. The van der Waals surface area contributed by atoms with Crippen molar-refractivity contribution in [1.82, 2.24) is 0 Å². The van der Waals surface area contributed by atoms with Gasteiger partial charge in [0.25, 0.3) is 0 Å². The van der Waals surface area contributed by atoms with Gasteiger partial charge in [-0.1, -0.05) is 28.1 Å². The Kier molecular flexibility index (Phi) is 4.43. The van der Waals surface area contributed by atoms with E-state index < -0.39 is 0 Å². The average Bonchev–Trinajstić information content (AvgIpc) is 2.55. The zero-order chi connectivity index (χ0) is 15.5. The lowest BCUT2D eigenvalue weighted by Gasteiger charge is -2.37. The van der Waals surface area contributed by atoms with E-state index in [1.807, 2.05) is 29.2 Å². The largest absolute Gasteiger partial charge is 0.338 e. The fourth-order valence-electron chi connectivity index (χ4n) is 2.73. The highest BCUT2D eigenvalue weighted by Crippen LogP contribution is 2.37. The number of hydrogen-bond acceptors (Lipinski definition) is 2. The number of halogens is 2. The Hall–Kier alpha value is -1.88. The van der Waals surface area contributed by atoms with Gasteiger partial charge in [-0.25, -0.2) is 4.39 Å². The fourth-order valence-corrected chi connectivity index (χ4v) is 3.06. The molecule has 1 aliphatic heterocycles. The molecule has 3 rings (SSSR count). The lowest BCUT2D eigenvalue weighted by Crippen LogP contribution is -2.42. The molecule has 22 heavy (non-hydrogen) atoms. The van der Waals surface area contributed by atoms with Crippen LogP contribution in [0.25, 0.3) is 0 Å².